The zero-order valence-electron chi connectivity index (χ0n) is 17.3. The summed E-state index contributed by atoms with van der Waals surface area (Å²) in [5, 5.41) is 19.1. The quantitative estimate of drug-likeness (QED) is 0.399. The van der Waals surface area contributed by atoms with Crippen LogP contribution in [0.25, 0.3) is 11.3 Å². The van der Waals surface area contributed by atoms with Crippen molar-refractivity contribution < 1.29 is 31.9 Å². The molecule has 0 saturated heterocycles. The summed E-state index contributed by atoms with van der Waals surface area (Å²) in [6.07, 6.45) is 1.54. The van der Waals surface area contributed by atoms with E-state index < -0.39 is 35.0 Å². The number of rotatable bonds is 8. The molecule has 0 bridgehead atoms. The molecular weight excluding hydrogens is 444 g/mol. The van der Waals surface area contributed by atoms with Crippen LogP contribution < -0.4 is 0 Å². The van der Waals surface area contributed by atoms with Gasteiger partial charge in [-0.3, -0.25) is 0 Å². The van der Waals surface area contributed by atoms with Crippen LogP contribution in [0.3, 0.4) is 0 Å². The summed E-state index contributed by atoms with van der Waals surface area (Å²) in [6.45, 7) is 1.06. The van der Waals surface area contributed by atoms with Crippen molar-refractivity contribution in [3.05, 3.63) is 89.7 Å². The van der Waals surface area contributed by atoms with E-state index in [0.29, 0.717) is 6.07 Å². The van der Waals surface area contributed by atoms with Gasteiger partial charge in [-0.25, -0.2) is 27.2 Å². The molecule has 0 saturated carbocycles. The normalized spacial score (nSPS) is 14.2. The van der Waals surface area contributed by atoms with E-state index in [1.807, 2.05) is 0 Å². The van der Waals surface area contributed by atoms with Gasteiger partial charge in [-0.1, -0.05) is 11.2 Å². The van der Waals surface area contributed by atoms with Gasteiger partial charge in [0.2, 0.25) is 0 Å². The maximum atomic E-state index is 14.6. The van der Waals surface area contributed by atoms with Crippen molar-refractivity contribution >= 4 is 0 Å². The standard InChI is InChI=1S/C22H18F4N4O3/c1-13(32-9-18-8-21(29-33-18)14-4-16(24)6-17(25)5-14)22(31,10-30-12-27-11-28-30)19-3-2-15(23)7-20(19)26/h2-8,11-13,31H,9-10H2,1H3/t13-,22?/m1/s1. The Bertz CT molecular complexity index is 1230. The van der Waals surface area contributed by atoms with Crippen molar-refractivity contribution in [1.29, 1.82) is 0 Å². The van der Waals surface area contributed by atoms with Gasteiger partial charge in [0.25, 0.3) is 0 Å². The summed E-state index contributed by atoms with van der Waals surface area (Å²) in [6, 6.07) is 7.18. The average molecular weight is 462 g/mol. The summed E-state index contributed by atoms with van der Waals surface area (Å²) in [5.41, 5.74) is -1.80. The van der Waals surface area contributed by atoms with Crippen molar-refractivity contribution in [3.8, 4) is 11.3 Å². The van der Waals surface area contributed by atoms with Crippen LogP contribution in [0.4, 0.5) is 17.6 Å². The number of hydrogen-bond donors (Lipinski definition) is 1. The van der Waals surface area contributed by atoms with Gasteiger partial charge >= 0.3 is 0 Å². The third-order valence-electron chi connectivity index (χ3n) is 5.13. The molecule has 0 aliphatic carbocycles. The Labute approximate surface area is 185 Å². The first-order valence-electron chi connectivity index (χ1n) is 9.78. The van der Waals surface area contributed by atoms with Crippen molar-refractivity contribution in [3.63, 3.8) is 0 Å². The van der Waals surface area contributed by atoms with Crippen molar-refractivity contribution in [1.82, 2.24) is 19.9 Å². The molecule has 0 aliphatic heterocycles. The minimum absolute atomic E-state index is 0.173. The van der Waals surface area contributed by atoms with Crippen LogP contribution in [0, 0.1) is 23.3 Å². The molecule has 172 valence electrons. The third-order valence-corrected chi connectivity index (χ3v) is 5.13. The number of aliphatic hydroxyl groups is 1. The number of nitrogens with zero attached hydrogens (tertiary/aromatic N) is 4. The predicted molar refractivity (Wildman–Crippen MR) is 106 cm³/mol. The van der Waals surface area contributed by atoms with Crippen LogP contribution in [0.5, 0.6) is 0 Å². The molecule has 0 radical (unpaired) electrons. The SMILES string of the molecule is C[C@@H](OCc1cc(-c2cc(F)cc(F)c2)no1)C(O)(Cn1cncn1)c1ccc(F)cc1F. The smallest absolute Gasteiger partial charge is 0.163 e. The number of ether oxygens (including phenoxy) is 1. The van der Waals surface area contributed by atoms with E-state index in [1.54, 1.807) is 0 Å². The largest absolute Gasteiger partial charge is 0.380 e. The first kappa shape index (κ1) is 22.6. The lowest BCUT2D eigenvalue weighted by molar-refractivity contribution is -0.126. The molecule has 1 unspecified atom stereocenters. The van der Waals surface area contributed by atoms with E-state index in [0.717, 1.165) is 30.3 Å². The highest BCUT2D eigenvalue weighted by atomic mass is 19.1. The molecule has 2 heterocycles. The van der Waals surface area contributed by atoms with E-state index in [9.17, 15) is 22.7 Å². The Morgan fingerprint density at radius 1 is 1.06 bits per heavy atom. The Hall–Kier alpha value is -3.57. The lowest BCUT2D eigenvalue weighted by Gasteiger charge is -2.34. The maximum Gasteiger partial charge on any atom is 0.163 e. The van der Waals surface area contributed by atoms with Gasteiger partial charge in [0.05, 0.1) is 12.6 Å². The van der Waals surface area contributed by atoms with Crippen LogP contribution in [-0.2, 0) is 23.5 Å². The topological polar surface area (TPSA) is 86.2 Å². The minimum Gasteiger partial charge on any atom is -0.380 e. The summed E-state index contributed by atoms with van der Waals surface area (Å²) in [4.78, 5) is 3.80. The molecule has 2 aromatic heterocycles. The molecule has 2 aromatic carbocycles. The van der Waals surface area contributed by atoms with Gasteiger partial charge < -0.3 is 14.4 Å². The van der Waals surface area contributed by atoms with Gasteiger partial charge in [0.15, 0.2) is 5.76 Å². The van der Waals surface area contributed by atoms with Crippen LogP contribution in [0.1, 0.15) is 18.2 Å². The highest BCUT2D eigenvalue weighted by Crippen LogP contribution is 2.32. The Kier molecular flexibility index (Phi) is 6.25. The molecule has 7 nitrogen and oxygen atoms in total. The molecule has 4 aromatic rings. The lowest BCUT2D eigenvalue weighted by atomic mass is 9.88. The Morgan fingerprint density at radius 3 is 2.48 bits per heavy atom. The van der Waals surface area contributed by atoms with Gasteiger partial charge in [-0.15, -0.1) is 0 Å². The molecule has 0 amide bonds. The van der Waals surface area contributed by atoms with Gasteiger partial charge in [-0.05, 0) is 25.1 Å². The minimum atomic E-state index is -1.96. The third kappa shape index (κ3) is 4.94. The second-order valence-electron chi connectivity index (χ2n) is 7.43. The number of hydrogen-bond acceptors (Lipinski definition) is 6. The first-order valence-corrected chi connectivity index (χ1v) is 9.78. The monoisotopic (exact) mass is 462 g/mol. The van der Waals surface area contributed by atoms with Crippen LogP contribution in [-0.4, -0.2) is 31.1 Å². The van der Waals surface area contributed by atoms with E-state index in [4.69, 9.17) is 9.26 Å². The Balaban J connectivity index is 1.55. The summed E-state index contributed by atoms with van der Waals surface area (Å²) in [7, 11) is 0. The summed E-state index contributed by atoms with van der Waals surface area (Å²) < 4.78 is 67.1. The molecule has 0 aliphatic rings. The highest BCUT2D eigenvalue weighted by Gasteiger charge is 2.40. The molecular formula is C22H18F4N4O3. The van der Waals surface area contributed by atoms with Crippen molar-refractivity contribution in [2.24, 2.45) is 0 Å². The van der Waals surface area contributed by atoms with Crippen LogP contribution in [0.2, 0.25) is 0 Å². The maximum absolute atomic E-state index is 14.6. The zero-order chi connectivity index (χ0) is 23.6. The fraction of sp³-hybridized carbons (Fsp3) is 0.227. The lowest BCUT2D eigenvalue weighted by Crippen LogP contribution is -2.44. The Morgan fingerprint density at radius 2 is 1.82 bits per heavy atom. The van der Waals surface area contributed by atoms with E-state index in [-0.39, 0.29) is 35.7 Å². The molecule has 4 rings (SSSR count). The highest BCUT2D eigenvalue weighted by molar-refractivity contribution is 5.58. The van der Waals surface area contributed by atoms with E-state index >= 15 is 0 Å². The van der Waals surface area contributed by atoms with Crippen LogP contribution in [0.15, 0.2) is 59.6 Å². The van der Waals surface area contributed by atoms with Crippen LogP contribution >= 0.6 is 0 Å². The van der Waals surface area contributed by atoms with E-state index in [2.05, 4.69) is 15.2 Å². The first-order chi connectivity index (χ1) is 15.7. The fourth-order valence-electron chi connectivity index (χ4n) is 3.40. The van der Waals surface area contributed by atoms with Gasteiger partial charge in [0, 0.05) is 29.3 Å². The summed E-state index contributed by atoms with van der Waals surface area (Å²) >= 11 is 0. The predicted octanol–water partition coefficient (Wildman–Crippen LogP) is 3.98. The zero-order valence-corrected chi connectivity index (χ0v) is 17.3. The fourth-order valence-corrected chi connectivity index (χ4v) is 3.40. The second kappa shape index (κ2) is 9.12. The second-order valence-corrected chi connectivity index (χ2v) is 7.43. The molecule has 33 heavy (non-hydrogen) atoms. The number of aromatic nitrogens is 4. The molecule has 0 spiro atoms. The molecule has 11 heteroatoms. The van der Waals surface area contributed by atoms with Gasteiger partial charge in [-0.2, -0.15) is 5.10 Å². The van der Waals surface area contributed by atoms with E-state index in [1.165, 1.54) is 30.3 Å². The molecule has 2 atom stereocenters. The summed E-state index contributed by atoms with van der Waals surface area (Å²) in [5.74, 6) is -3.08. The number of halogens is 4. The van der Waals surface area contributed by atoms with Crippen molar-refractivity contribution in [2.75, 3.05) is 0 Å². The molecule has 0 fully saturated rings. The molecule has 1 N–H and O–H groups in total. The van der Waals surface area contributed by atoms with Gasteiger partial charge in [0.1, 0.15) is 53.8 Å². The number of benzene rings is 2. The van der Waals surface area contributed by atoms with Crippen molar-refractivity contribution in [2.45, 2.75) is 31.8 Å². The average Bonchev–Trinajstić information content (AvgIpc) is 3.43.